The lowest BCUT2D eigenvalue weighted by Crippen LogP contribution is -2.30. The number of hydrogen-bond acceptors (Lipinski definition) is 15. The third kappa shape index (κ3) is 57.6. The minimum atomic E-state index is -4.94. The molecule has 83 heavy (non-hydrogen) atoms. The average molecular weight is 1230 g/mol. The molecule has 6 atom stereocenters. The van der Waals surface area contributed by atoms with Crippen molar-refractivity contribution in [3.8, 4) is 0 Å². The minimum absolute atomic E-state index is 0.101. The Labute approximate surface area is 505 Å². The van der Waals surface area contributed by atoms with E-state index < -0.39 is 97.5 Å². The summed E-state index contributed by atoms with van der Waals surface area (Å²) in [7, 11) is -9.88. The minimum Gasteiger partial charge on any atom is -0.462 e. The van der Waals surface area contributed by atoms with Gasteiger partial charge in [-0.2, -0.15) is 0 Å². The molecule has 492 valence electrons. The lowest BCUT2D eigenvalue weighted by atomic mass is 9.99. The maximum atomic E-state index is 13.0. The van der Waals surface area contributed by atoms with E-state index in [4.69, 9.17) is 37.0 Å². The van der Waals surface area contributed by atoms with Crippen molar-refractivity contribution in [1.29, 1.82) is 0 Å². The summed E-state index contributed by atoms with van der Waals surface area (Å²) in [6, 6.07) is 0. The molecular weight excluding hydrogens is 1100 g/mol. The second-order valence-corrected chi connectivity index (χ2v) is 27.3. The van der Waals surface area contributed by atoms with Gasteiger partial charge < -0.3 is 33.8 Å². The second kappa shape index (κ2) is 55.4. The molecule has 3 N–H and O–H groups in total. The monoisotopic (exact) mass is 1230 g/mol. The molecule has 3 unspecified atom stereocenters. The topological polar surface area (TPSA) is 237 Å². The Balaban J connectivity index is 5.15. The number of carbonyl (C=O) groups excluding carboxylic acids is 4. The van der Waals surface area contributed by atoms with Crippen molar-refractivity contribution in [2.75, 3.05) is 39.6 Å². The molecule has 0 spiro atoms. The molecule has 0 aromatic carbocycles. The highest BCUT2D eigenvalue weighted by molar-refractivity contribution is 7.47. The zero-order valence-electron chi connectivity index (χ0n) is 53.6. The summed E-state index contributed by atoms with van der Waals surface area (Å²) in [5.74, 6) is 0.0911. The van der Waals surface area contributed by atoms with Gasteiger partial charge in [0.25, 0.3) is 0 Å². The summed E-state index contributed by atoms with van der Waals surface area (Å²) in [6.07, 6.45) is 36.8. The Kier molecular flexibility index (Phi) is 54.1. The highest BCUT2D eigenvalue weighted by atomic mass is 31.2. The standard InChI is InChI=1S/C64H124O17P2/c1-8-10-11-28-38-45-61(66)74-51-59(81-64(69)48-41-34-27-26-30-36-43-56(5)6)53-78-82(70,71)76-49-58(65)50-77-83(72,73)79-54-60(52-75-62(67)46-39-32-24-21-20-22-29-35-42-55(3)4)80-63(68)47-40-33-25-19-17-15-13-12-14-16-18-23-31-37-44-57(7)9-2/h55-60,65H,8-54H2,1-7H3,(H,70,71)(H,72,73)/t57?,58-,59+,60+/m0/s1. The van der Waals surface area contributed by atoms with Crippen LogP contribution >= 0.6 is 15.6 Å². The second-order valence-electron chi connectivity index (χ2n) is 24.3. The Hall–Kier alpha value is -1.94. The molecule has 0 fully saturated rings. The molecule has 0 aliphatic heterocycles. The van der Waals surface area contributed by atoms with Crippen molar-refractivity contribution in [2.24, 2.45) is 17.8 Å². The van der Waals surface area contributed by atoms with Gasteiger partial charge in [-0.05, 0) is 43.4 Å². The molecule has 0 heterocycles. The number of carbonyl (C=O) groups is 4. The van der Waals surface area contributed by atoms with Gasteiger partial charge in [0, 0.05) is 25.7 Å². The van der Waals surface area contributed by atoms with Gasteiger partial charge in [-0.15, -0.1) is 0 Å². The molecule has 0 aromatic heterocycles. The van der Waals surface area contributed by atoms with Crippen LogP contribution in [0.25, 0.3) is 0 Å². The number of unbranched alkanes of at least 4 members (excludes halogenated alkanes) is 29. The Morgan fingerprint density at radius 1 is 0.349 bits per heavy atom. The molecule has 0 aliphatic rings. The number of esters is 4. The number of aliphatic hydroxyl groups is 1. The van der Waals surface area contributed by atoms with Gasteiger partial charge in [-0.3, -0.25) is 37.3 Å². The fourth-order valence-corrected chi connectivity index (χ4v) is 11.0. The lowest BCUT2D eigenvalue weighted by Gasteiger charge is -2.21. The molecular formula is C64H124O17P2. The Morgan fingerprint density at radius 3 is 0.916 bits per heavy atom. The first-order valence-electron chi connectivity index (χ1n) is 33.4. The van der Waals surface area contributed by atoms with E-state index in [9.17, 15) is 43.2 Å². The van der Waals surface area contributed by atoms with Crippen molar-refractivity contribution in [1.82, 2.24) is 0 Å². The summed E-state index contributed by atoms with van der Waals surface area (Å²) >= 11 is 0. The van der Waals surface area contributed by atoms with E-state index in [1.54, 1.807) is 0 Å². The predicted molar refractivity (Wildman–Crippen MR) is 331 cm³/mol. The van der Waals surface area contributed by atoms with Gasteiger partial charge in [0.15, 0.2) is 12.2 Å². The van der Waals surface area contributed by atoms with E-state index in [0.717, 1.165) is 108 Å². The van der Waals surface area contributed by atoms with E-state index in [2.05, 4.69) is 48.5 Å². The highest BCUT2D eigenvalue weighted by Gasteiger charge is 2.30. The van der Waals surface area contributed by atoms with E-state index in [-0.39, 0.29) is 25.7 Å². The van der Waals surface area contributed by atoms with Crippen LogP contribution in [0.1, 0.15) is 312 Å². The van der Waals surface area contributed by atoms with Crippen LogP contribution in [0.5, 0.6) is 0 Å². The van der Waals surface area contributed by atoms with Gasteiger partial charge in [0.1, 0.15) is 19.3 Å². The summed E-state index contributed by atoms with van der Waals surface area (Å²) < 4.78 is 67.8. The lowest BCUT2D eigenvalue weighted by molar-refractivity contribution is -0.161. The normalized spacial score (nSPS) is 14.7. The van der Waals surface area contributed by atoms with E-state index in [1.807, 2.05) is 0 Å². The van der Waals surface area contributed by atoms with Crippen molar-refractivity contribution in [2.45, 2.75) is 330 Å². The van der Waals surface area contributed by atoms with Gasteiger partial charge in [-0.1, -0.05) is 260 Å². The van der Waals surface area contributed by atoms with E-state index in [0.29, 0.717) is 31.6 Å². The number of phosphoric ester groups is 2. The number of phosphoric acid groups is 2. The number of ether oxygens (including phenoxy) is 4. The average Bonchev–Trinajstić information content (AvgIpc) is 3.46. The SMILES string of the molecule is CCCCCCCC(=O)OC[C@H](COP(=O)(O)OC[C@H](O)COP(=O)(O)OC[C@@H](COC(=O)CCCCCCCCCCC(C)C)OC(=O)CCCCCCCCCCCCCCCCC(C)CC)OC(=O)CCCCCCCCC(C)C. The van der Waals surface area contributed by atoms with Gasteiger partial charge in [0.05, 0.1) is 26.4 Å². The fraction of sp³-hybridized carbons (Fsp3) is 0.938. The third-order valence-electron chi connectivity index (χ3n) is 15.0. The van der Waals surface area contributed by atoms with Crippen molar-refractivity contribution < 1.29 is 80.2 Å². The summed E-state index contributed by atoms with van der Waals surface area (Å²) in [6.45, 7) is 11.6. The van der Waals surface area contributed by atoms with Gasteiger partial charge in [-0.25, -0.2) is 9.13 Å². The molecule has 0 radical (unpaired) electrons. The Morgan fingerprint density at radius 2 is 0.614 bits per heavy atom. The van der Waals surface area contributed by atoms with Crippen LogP contribution < -0.4 is 0 Å². The maximum Gasteiger partial charge on any atom is 0.472 e. The zero-order chi connectivity index (χ0) is 61.7. The van der Waals surface area contributed by atoms with E-state index in [1.165, 1.54) is 116 Å². The highest BCUT2D eigenvalue weighted by Crippen LogP contribution is 2.45. The molecule has 0 saturated carbocycles. The quantitative estimate of drug-likeness (QED) is 0.0222. The van der Waals surface area contributed by atoms with Crippen LogP contribution in [0, 0.1) is 17.8 Å². The molecule has 0 amide bonds. The van der Waals surface area contributed by atoms with Crippen molar-refractivity contribution in [3.05, 3.63) is 0 Å². The summed E-state index contributed by atoms with van der Waals surface area (Å²) in [5.41, 5.74) is 0. The maximum absolute atomic E-state index is 13.0. The van der Waals surface area contributed by atoms with Gasteiger partial charge >= 0.3 is 39.5 Å². The van der Waals surface area contributed by atoms with Crippen molar-refractivity contribution >= 4 is 39.5 Å². The molecule has 0 bridgehead atoms. The molecule has 0 rings (SSSR count). The third-order valence-corrected chi connectivity index (χ3v) is 16.9. The molecule has 17 nitrogen and oxygen atoms in total. The summed E-state index contributed by atoms with van der Waals surface area (Å²) in [5, 5.41) is 10.5. The Bertz CT molecular complexity index is 1650. The van der Waals surface area contributed by atoms with Crippen LogP contribution in [-0.2, 0) is 65.4 Å². The molecule has 0 aromatic rings. The van der Waals surface area contributed by atoms with Gasteiger partial charge in [0.2, 0.25) is 0 Å². The smallest absolute Gasteiger partial charge is 0.462 e. The van der Waals surface area contributed by atoms with Crippen LogP contribution in [0.15, 0.2) is 0 Å². The zero-order valence-corrected chi connectivity index (χ0v) is 55.4. The molecule has 0 saturated heterocycles. The van der Waals surface area contributed by atoms with E-state index >= 15 is 0 Å². The van der Waals surface area contributed by atoms with Crippen LogP contribution in [0.3, 0.4) is 0 Å². The van der Waals surface area contributed by atoms with Crippen molar-refractivity contribution in [3.63, 3.8) is 0 Å². The first-order chi connectivity index (χ1) is 39.8. The predicted octanol–water partition coefficient (Wildman–Crippen LogP) is 17.5. The number of rotatable bonds is 62. The van der Waals surface area contributed by atoms with Crippen LogP contribution in [-0.4, -0.2) is 96.7 Å². The fourth-order valence-electron chi connectivity index (χ4n) is 9.45. The van der Waals surface area contributed by atoms with Crippen LogP contribution in [0.2, 0.25) is 0 Å². The summed E-state index contributed by atoms with van der Waals surface area (Å²) in [4.78, 5) is 71.9. The van der Waals surface area contributed by atoms with Crippen LogP contribution in [0.4, 0.5) is 0 Å². The first-order valence-corrected chi connectivity index (χ1v) is 36.4. The first kappa shape index (κ1) is 81.1. The number of aliphatic hydroxyl groups excluding tert-OH is 1. The molecule has 19 heteroatoms. The largest absolute Gasteiger partial charge is 0.472 e. The molecule has 0 aliphatic carbocycles. The number of hydrogen-bond donors (Lipinski definition) is 3.